The van der Waals surface area contributed by atoms with E-state index in [1.54, 1.807) is 30.6 Å². The monoisotopic (exact) mass is 388 g/mol. The summed E-state index contributed by atoms with van der Waals surface area (Å²) in [6.45, 7) is 1.00. The van der Waals surface area contributed by atoms with Gasteiger partial charge < -0.3 is 19.6 Å². The van der Waals surface area contributed by atoms with Gasteiger partial charge in [-0.15, -0.1) is 0 Å². The van der Waals surface area contributed by atoms with Crippen LogP contribution in [0.5, 0.6) is 0 Å². The van der Waals surface area contributed by atoms with Gasteiger partial charge in [0.05, 0.1) is 23.6 Å². The molecule has 0 bridgehead atoms. The van der Waals surface area contributed by atoms with Crippen molar-refractivity contribution >= 4 is 28.5 Å². The van der Waals surface area contributed by atoms with Gasteiger partial charge in [-0.25, -0.2) is 4.98 Å². The number of aromatic nitrogens is 2. The lowest BCUT2D eigenvalue weighted by atomic mass is 10.2. The number of nitrogens with one attached hydrogen (secondary N) is 2. The summed E-state index contributed by atoms with van der Waals surface area (Å²) in [5, 5.41) is 5.68. The summed E-state index contributed by atoms with van der Waals surface area (Å²) >= 11 is 0. The SMILES string of the molecule is O=C(CCn1cnc2ccccc21)NCc1ccc(NC(=O)c2ccco2)cc1. The van der Waals surface area contributed by atoms with E-state index in [0.717, 1.165) is 16.6 Å². The molecule has 0 radical (unpaired) electrons. The van der Waals surface area contributed by atoms with E-state index in [4.69, 9.17) is 4.42 Å². The van der Waals surface area contributed by atoms with Crippen molar-refractivity contribution in [1.82, 2.24) is 14.9 Å². The highest BCUT2D eigenvalue weighted by Gasteiger charge is 2.09. The number of aryl methyl sites for hydroxylation is 1. The van der Waals surface area contributed by atoms with E-state index in [0.29, 0.717) is 25.2 Å². The van der Waals surface area contributed by atoms with Gasteiger partial charge in [-0.1, -0.05) is 24.3 Å². The van der Waals surface area contributed by atoms with Crippen molar-refractivity contribution in [3.8, 4) is 0 Å². The standard InChI is InChI=1S/C22H20N4O3/c27-21(11-12-26-15-24-18-4-1-2-5-19(18)26)23-14-16-7-9-17(10-8-16)25-22(28)20-6-3-13-29-20/h1-10,13,15H,11-12,14H2,(H,23,27)(H,25,28). The van der Waals surface area contributed by atoms with Crippen molar-refractivity contribution in [2.45, 2.75) is 19.5 Å². The Morgan fingerprint density at radius 1 is 1.00 bits per heavy atom. The Morgan fingerprint density at radius 2 is 1.83 bits per heavy atom. The number of hydrogen-bond donors (Lipinski definition) is 2. The maximum Gasteiger partial charge on any atom is 0.291 e. The fourth-order valence-corrected chi connectivity index (χ4v) is 3.01. The summed E-state index contributed by atoms with van der Waals surface area (Å²) < 4.78 is 7.04. The zero-order valence-corrected chi connectivity index (χ0v) is 15.7. The van der Waals surface area contributed by atoms with Crippen molar-refractivity contribution in [2.75, 3.05) is 5.32 Å². The van der Waals surface area contributed by atoms with Crippen molar-refractivity contribution in [3.63, 3.8) is 0 Å². The second-order valence-electron chi connectivity index (χ2n) is 6.58. The molecular weight excluding hydrogens is 368 g/mol. The van der Waals surface area contributed by atoms with Crippen LogP contribution in [0.3, 0.4) is 0 Å². The van der Waals surface area contributed by atoms with Crippen LogP contribution in [0.4, 0.5) is 5.69 Å². The minimum atomic E-state index is -0.303. The number of imidazole rings is 1. The lowest BCUT2D eigenvalue weighted by molar-refractivity contribution is -0.121. The number of para-hydroxylation sites is 2. The number of nitrogens with zero attached hydrogens (tertiary/aromatic N) is 2. The first-order valence-electron chi connectivity index (χ1n) is 9.29. The molecule has 0 saturated carbocycles. The Bertz CT molecular complexity index is 1110. The van der Waals surface area contributed by atoms with Crippen LogP contribution in [0.25, 0.3) is 11.0 Å². The summed E-state index contributed by atoms with van der Waals surface area (Å²) in [4.78, 5) is 28.5. The summed E-state index contributed by atoms with van der Waals surface area (Å²) in [5.74, 6) is -0.0759. The molecule has 2 aromatic heterocycles. The van der Waals surface area contributed by atoms with E-state index < -0.39 is 0 Å². The Hall–Kier alpha value is -3.87. The van der Waals surface area contributed by atoms with Gasteiger partial charge in [-0.2, -0.15) is 0 Å². The molecule has 0 fully saturated rings. The topological polar surface area (TPSA) is 89.2 Å². The van der Waals surface area contributed by atoms with Crippen LogP contribution in [0, 0.1) is 0 Å². The number of rotatable bonds is 7. The molecule has 0 aliphatic rings. The molecule has 0 saturated heterocycles. The van der Waals surface area contributed by atoms with E-state index in [9.17, 15) is 9.59 Å². The van der Waals surface area contributed by atoms with E-state index in [1.807, 2.05) is 41.0 Å². The molecule has 0 spiro atoms. The summed E-state index contributed by atoms with van der Waals surface area (Å²) in [5.41, 5.74) is 3.55. The average molecular weight is 388 g/mol. The molecule has 29 heavy (non-hydrogen) atoms. The third-order valence-electron chi connectivity index (χ3n) is 4.55. The molecule has 4 aromatic rings. The van der Waals surface area contributed by atoms with Gasteiger partial charge in [0, 0.05) is 25.2 Å². The van der Waals surface area contributed by atoms with Gasteiger partial charge in [0.25, 0.3) is 5.91 Å². The van der Waals surface area contributed by atoms with Gasteiger partial charge in [0.2, 0.25) is 5.91 Å². The van der Waals surface area contributed by atoms with Gasteiger partial charge in [0.15, 0.2) is 5.76 Å². The van der Waals surface area contributed by atoms with Gasteiger partial charge in [-0.05, 0) is 42.0 Å². The molecule has 0 aliphatic heterocycles. The van der Waals surface area contributed by atoms with E-state index >= 15 is 0 Å². The summed E-state index contributed by atoms with van der Waals surface area (Å²) in [6, 6.07) is 18.4. The molecule has 7 heteroatoms. The number of anilines is 1. The first-order valence-corrected chi connectivity index (χ1v) is 9.29. The van der Waals surface area contributed by atoms with Crippen molar-refractivity contribution < 1.29 is 14.0 Å². The molecule has 2 aromatic carbocycles. The Balaban J connectivity index is 1.25. The number of fused-ring (bicyclic) bond motifs is 1. The number of carbonyl (C=O) groups excluding carboxylic acids is 2. The Morgan fingerprint density at radius 3 is 2.62 bits per heavy atom. The molecule has 2 heterocycles. The van der Waals surface area contributed by atoms with Crippen LogP contribution in [0.1, 0.15) is 22.5 Å². The zero-order chi connectivity index (χ0) is 20.1. The Kier molecular flexibility index (Phi) is 5.38. The second kappa shape index (κ2) is 8.43. The Labute approximate surface area is 167 Å². The molecule has 0 atom stereocenters. The molecular formula is C22H20N4O3. The summed E-state index contributed by atoms with van der Waals surface area (Å²) in [6.07, 6.45) is 3.58. The number of hydrogen-bond acceptors (Lipinski definition) is 4. The maximum atomic E-state index is 12.2. The number of benzene rings is 2. The predicted octanol–water partition coefficient (Wildman–Crippen LogP) is 3.59. The highest BCUT2D eigenvalue weighted by Crippen LogP contribution is 2.13. The minimum absolute atomic E-state index is 0.0296. The van der Waals surface area contributed by atoms with Crippen LogP contribution in [0.15, 0.2) is 77.7 Å². The van der Waals surface area contributed by atoms with Crippen LogP contribution in [0.2, 0.25) is 0 Å². The number of furan rings is 1. The van der Waals surface area contributed by atoms with Crippen LogP contribution in [-0.4, -0.2) is 21.4 Å². The highest BCUT2D eigenvalue weighted by molar-refractivity contribution is 6.02. The maximum absolute atomic E-state index is 12.2. The largest absolute Gasteiger partial charge is 0.459 e. The first-order chi connectivity index (χ1) is 14.2. The first kappa shape index (κ1) is 18.5. The molecule has 4 rings (SSSR count). The molecule has 2 N–H and O–H groups in total. The van der Waals surface area contributed by atoms with Gasteiger partial charge >= 0.3 is 0 Å². The molecule has 7 nitrogen and oxygen atoms in total. The lowest BCUT2D eigenvalue weighted by Gasteiger charge is -2.08. The van der Waals surface area contributed by atoms with Crippen LogP contribution < -0.4 is 10.6 Å². The quantitative estimate of drug-likeness (QED) is 0.506. The number of carbonyl (C=O) groups is 2. The normalized spacial score (nSPS) is 10.8. The van der Waals surface area contributed by atoms with Gasteiger partial charge in [0.1, 0.15) is 0 Å². The summed E-state index contributed by atoms with van der Waals surface area (Å²) in [7, 11) is 0. The minimum Gasteiger partial charge on any atom is -0.459 e. The molecule has 146 valence electrons. The molecule has 0 unspecified atom stereocenters. The molecule has 0 aliphatic carbocycles. The zero-order valence-electron chi connectivity index (χ0n) is 15.7. The lowest BCUT2D eigenvalue weighted by Crippen LogP contribution is -2.23. The molecule has 2 amide bonds. The fourth-order valence-electron chi connectivity index (χ4n) is 3.01. The van der Waals surface area contributed by atoms with E-state index in [-0.39, 0.29) is 17.6 Å². The highest BCUT2D eigenvalue weighted by atomic mass is 16.3. The van der Waals surface area contributed by atoms with Crippen LogP contribution in [-0.2, 0) is 17.9 Å². The third-order valence-corrected chi connectivity index (χ3v) is 4.55. The average Bonchev–Trinajstić information content (AvgIpc) is 3.42. The predicted molar refractivity (Wildman–Crippen MR) is 109 cm³/mol. The second-order valence-corrected chi connectivity index (χ2v) is 6.58. The smallest absolute Gasteiger partial charge is 0.291 e. The van der Waals surface area contributed by atoms with E-state index in [2.05, 4.69) is 15.6 Å². The van der Waals surface area contributed by atoms with Crippen molar-refractivity contribution in [2.24, 2.45) is 0 Å². The van der Waals surface area contributed by atoms with Crippen molar-refractivity contribution in [3.05, 3.63) is 84.6 Å². The fraction of sp³-hybridized carbons (Fsp3) is 0.136. The number of amides is 2. The third kappa shape index (κ3) is 4.52. The van der Waals surface area contributed by atoms with Crippen LogP contribution >= 0.6 is 0 Å². The van der Waals surface area contributed by atoms with Crippen molar-refractivity contribution in [1.29, 1.82) is 0 Å². The van der Waals surface area contributed by atoms with Gasteiger partial charge in [-0.3, -0.25) is 9.59 Å². The van der Waals surface area contributed by atoms with E-state index in [1.165, 1.54) is 6.26 Å².